The molecule has 0 spiro atoms. The van der Waals surface area contributed by atoms with E-state index in [1.165, 1.54) is 0 Å². The van der Waals surface area contributed by atoms with Crippen molar-refractivity contribution in [1.82, 2.24) is 4.98 Å². The van der Waals surface area contributed by atoms with Crippen molar-refractivity contribution in [3.8, 4) is 17.0 Å². The Kier molecular flexibility index (Phi) is 4.39. The van der Waals surface area contributed by atoms with Gasteiger partial charge in [-0.3, -0.25) is 4.79 Å². The maximum absolute atomic E-state index is 10.8. The van der Waals surface area contributed by atoms with Crippen molar-refractivity contribution in [2.45, 2.75) is 26.4 Å². The van der Waals surface area contributed by atoms with Crippen LogP contribution in [0.2, 0.25) is 0 Å². The van der Waals surface area contributed by atoms with Gasteiger partial charge in [-0.15, -0.1) is 11.3 Å². The van der Waals surface area contributed by atoms with Gasteiger partial charge in [0.25, 0.3) is 0 Å². The first kappa shape index (κ1) is 14.5. The number of aromatic nitrogens is 1. The summed E-state index contributed by atoms with van der Waals surface area (Å²) in [4.78, 5) is 15.3. The lowest BCUT2D eigenvalue weighted by molar-refractivity contribution is -0.118. The van der Waals surface area contributed by atoms with Crippen LogP contribution < -0.4 is 10.1 Å². The van der Waals surface area contributed by atoms with Gasteiger partial charge < -0.3 is 10.1 Å². The summed E-state index contributed by atoms with van der Waals surface area (Å²) < 4.78 is 5.59. The minimum atomic E-state index is -0.805. The van der Waals surface area contributed by atoms with E-state index in [-0.39, 0.29) is 0 Å². The molecule has 2 aromatic rings. The zero-order chi connectivity index (χ0) is 14.6. The third kappa shape index (κ3) is 3.57. The third-order valence-corrected chi connectivity index (χ3v) is 3.45. The summed E-state index contributed by atoms with van der Waals surface area (Å²) in [6.07, 6.45) is 0.796. The van der Waals surface area contributed by atoms with E-state index in [0.29, 0.717) is 5.75 Å². The van der Waals surface area contributed by atoms with Gasteiger partial charge in [0, 0.05) is 17.5 Å². The Bertz CT molecular complexity index is 576. The second-order valence-electron chi connectivity index (χ2n) is 4.92. The van der Waals surface area contributed by atoms with E-state index in [4.69, 9.17) is 4.74 Å². The molecule has 20 heavy (non-hydrogen) atoms. The number of rotatable bonds is 6. The lowest BCUT2D eigenvalue weighted by Crippen LogP contribution is -2.29. The van der Waals surface area contributed by atoms with Crippen molar-refractivity contribution >= 4 is 22.8 Å². The molecule has 2 rings (SSSR count). The van der Waals surface area contributed by atoms with Crippen LogP contribution in [0.3, 0.4) is 0 Å². The number of ether oxygens (including phenoxy) is 1. The summed E-state index contributed by atoms with van der Waals surface area (Å²) in [5, 5.41) is 6.13. The first-order chi connectivity index (χ1) is 9.54. The van der Waals surface area contributed by atoms with E-state index in [0.717, 1.165) is 29.2 Å². The molecule has 4 nitrogen and oxygen atoms in total. The molecule has 0 fully saturated rings. The molecule has 1 aromatic carbocycles. The highest BCUT2D eigenvalue weighted by Gasteiger charge is 2.18. The number of hydrogen-bond acceptors (Lipinski definition) is 5. The molecule has 0 aliphatic rings. The summed E-state index contributed by atoms with van der Waals surface area (Å²) in [5.74, 6) is 0.674. The molecule has 0 saturated carbocycles. The molecular weight excluding hydrogens is 272 g/mol. The Labute approximate surface area is 122 Å². The van der Waals surface area contributed by atoms with Gasteiger partial charge in [-0.25, -0.2) is 4.98 Å². The molecule has 106 valence electrons. The predicted octanol–water partition coefficient (Wildman–Crippen LogP) is 3.60. The topological polar surface area (TPSA) is 51.2 Å². The number of nitrogens with one attached hydrogen (secondary N) is 1. The summed E-state index contributed by atoms with van der Waals surface area (Å²) in [6, 6.07) is 7.60. The van der Waals surface area contributed by atoms with Gasteiger partial charge in [-0.1, -0.05) is 0 Å². The van der Waals surface area contributed by atoms with Crippen molar-refractivity contribution in [1.29, 1.82) is 0 Å². The molecule has 0 atom stereocenters. The molecule has 0 saturated heterocycles. The van der Waals surface area contributed by atoms with Crippen molar-refractivity contribution in [2.24, 2.45) is 0 Å². The Hall–Kier alpha value is -1.88. The molecule has 0 aliphatic carbocycles. The van der Waals surface area contributed by atoms with E-state index in [1.807, 2.05) is 36.6 Å². The molecule has 0 aliphatic heterocycles. The Morgan fingerprint density at radius 1 is 1.35 bits per heavy atom. The average molecular weight is 290 g/mol. The fourth-order valence-electron chi connectivity index (χ4n) is 1.66. The number of thiazole rings is 1. The largest absolute Gasteiger partial charge is 0.480 e. The normalized spacial score (nSPS) is 11.2. The summed E-state index contributed by atoms with van der Waals surface area (Å²) in [7, 11) is 0. The number of carbonyl (C=O) groups excluding carboxylic acids is 1. The van der Waals surface area contributed by atoms with Gasteiger partial charge in [0.1, 0.15) is 5.75 Å². The zero-order valence-corrected chi connectivity index (χ0v) is 12.7. The van der Waals surface area contributed by atoms with Crippen LogP contribution in [0.25, 0.3) is 11.3 Å². The van der Waals surface area contributed by atoms with Crippen molar-refractivity contribution in [3.05, 3.63) is 29.6 Å². The van der Waals surface area contributed by atoms with Crippen molar-refractivity contribution in [2.75, 3.05) is 11.9 Å². The molecule has 0 unspecified atom stereocenters. The molecule has 5 heteroatoms. The molecule has 1 aromatic heterocycles. The molecule has 1 heterocycles. The monoisotopic (exact) mass is 290 g/mol. The molecular formula is C15H18N2O2S. The van der Waals surface area contributed by atoms with Crippen LogP contribution in [0.15, 0.2) is 29.6 Å². The number of benzene rings is 1. The van der Waals surface area contributed by atoms with E-state index in [1.54, 1.807) is 25.2 Å². The number of carbonyl (C=O) groups is 1. The van der Waals surface area contributed by atoms with E-state index in [2.05, 4.69) is 10.3 Å². The Morgan fingerprint density at radius 2 is 2.05 bits per heavy atom. The fraction of sp³-hybridized carbons (Fsp3) is 0.333. The average Bonchev–Trinajstić information content (AvgIpc) is 2.88. The van der Waals surface area contributed by atoms with Crippen LogP contribution in [0.4, 0.5) is 5.13 Å². The van der Waals surface area contributed by atoms with Gasteiger partial charge in [-0.05, 0) is 45.0 Å². The van der Waals surface area contributed by atoms with Crippen LogP contribution in [0.5, 0.6) is 5.75 Å². The van der Waals surface area contributed by atoms with Gasteiger partial charge in [-0.2, -0.15) is 0 Å². The first-order valence-electron chi connectivity index (χ1n) is 6.49. The summed E-state index contributed by atoms with van der Waals surface area (Å²) in [5.41, 5.74) is 1.16. The number of hydrogen-bond donors (Lipinski definition) is 1. The van der Waals surface area contributed by atoms with Crippen LogP contribution >= 0.6 is 11.3 Å². The fourth-order valence-corrected chi connectivity index (χ4v) is 2.45. The molecule has 0 amide bonds. The smallest absolute Gasteiger partial charge is 0.183 e. The second kappa shape index (κ2) is 6.05. The molecule has 0 radical (unpaired) electrons. The SMILES string of the molecule is CCNc1nc(-c2ccc(OC(C)(C)C=O)cc2)cs1. The standard InChI is InChI=1S/C15H18N2O2S/c1-4-16-14-17-13(9-20-14)11-5-7-12(8-6-11)19-15(2,3)10-18/h5-10H,4H2,1-3H3,(H,16,17). The van der Waals surface area contributed by atoms with Crippen LogP contribution in [0, 0.1) is 0 Å². The van der Waals surface area contributed by atoms with Crippen LogP contribution in [-0.2, 0) is 4.79 Å². The Morgan fingerprint density at radius 3 is 2.65 bits per heavy atom. The molecule has 0 bridgehead atoms. The summed E-state index contributed by atoms with van der Waals surface area (Å²) >= 11 is 1.59. The number of anilines is 1. The minimum Gasteiger partial charge on any atom is -0.480 e. The van der Waals surface area contributed by atoms with E-state index >= 15 is 0 Å². The second-order valence-corrected chi connectivity index (χ2v) is 5.77. The highest BCUT2D eigenvalue weighted by Crippen LogP contribution is 2.27. The molecule has 1 N–H and O–H groups in total. The van der Waals surface area contributed by atoms with Crippen LogP contribution in [-0.4, -0.2) is 23.4 Å². The quantitative estimate of drug-likeness (QED) is 0.826. The lowest BCUT2D eigenvalue weighted by Gasteiger charge is -2.19. The highest BCUT2D eigenvalue weighted by molar-refractivity contribution is 7.14. The summed E-state index contributed by atoms with van der Waals surface area (Å²) in [6.45, 7) is 6.37. The van der Waals surface area contributed by atoms with Gasteiger partial charge in [0.2, 0.25) is 0 Å². The lowest BCUT2D eigenvalue weighted by atomic mass is 10.1. The third-order valence-electron chi connectivity index (χ3n) is 2.65. The first-order valence-corrected chi connectivity index (χ1v) is 7.37. The maximum atomic E-state index is 10.8. The predicted molar refractivity (Wildman–Crippen MR) is 82.5 cm³/mol. The van der Waals surface area contributed by atoms with Gasteiger partial charge in [0.05, 0.1) is 5.69 Å². The van der Waals surface area contributed by atoms with Gasteiger partial charge >= 0.3 is 0 Å². The van der Waals surface area contributed by atoms with Crippen LogP contribution in [0.1, 0.15) is 20.8 Å². The number of nitrogens with zero attached hydrogens (tertiary/aromatic N) is 1. The maximum Gasteiger partial charge on any atom is 0.183 e. The minimum absolute atomic E-state index is 0.674. The van der Waals surface area contributed by atoms with E-state index in [9.17, 15) is 4.79 Å². The van der Waals surface area contributed by atoms with Crippen molar-refractivity contribution in [3.63, 3.8) is 0 Å². The van der Waals surface area contributed by atoms with Crippen molar-refractivity contribution < 1.29 is 9.53 Å². The van der Waals surface area contributed by atoms with E-state index < -0.39 is 5.60 Å². The highest BCUT2D eigenvalue weighted by atomic mass is 32.1. The van der Waals surface area contributed by atoms with Gasteiger partial charge in [0.15, 0.2) is 17.0 Å². The zero-order valence-electron chi connectivity index (χ0n) is 11.8. The number of aldehydes is 1. The Balaban J connectivity index is 2.13.